The van der Waals surface area contributed by atoms with Crippen molar-refractivity contribution in [3.8, 4) is 10.6 Å². The largest absolute Gasteiger partial charge is 0.310 e. The lowest BCUT2D eigenvalue weighted by molar-refractivity contribution is 0.404. The monoisotopic (exact) mass is 455 g/mol. The summed E-state index contributed by atoms with van der Waals surface area (Å²) in [5.41, 5.74) is 2.31. The molecule has 0 spiro atoms. The fourth-order valence-electron chi connectivity index (χ4n) is 4.20. The van der Waals surface area contributed by atoms with Crippen LogP contribution in [0.5, 0.6) is 0 Å². The van der Waals surface area contributed by atoms with E-state index in [0.717, 1.165) is 22.1 Å². The van der Waals surface area contributed by atoms with E-state index in [-0.39, 0.29) is 4.90 Å². The highest BCUT2D eigenvalue weighted by molar-refractivity contribution is 7.92. The molecule has 0 aliphatic heterocycles. The van der Waals surface area contributed by atoms with Gasteiger partial charge < -0.3 is 5.32 Å². The summed E-state index contributed by atoms with van der Waals surface area (Å²) in [6, 6.07) is 15.2. The van der Waals surface area contributed by atoms with E-state index < -0.39 is 10.0 Å². The van der Waals surface area contributed by atoms with E-state index in [1.807, 2.05) is 41.8 Å². The van der Waals surface area contributed by atoms with Gasteiger partial charge in [0.25, 0.3) is 10.0 Å². The lowest BCUT2D eigenvalue weighted by atomic mass is 9.99. The van der Waals surface area contributed by atoms with Crippen LogP contribution in [0.4, 0.5) is 5.69 Å². The molecule has 0 amide bonds. The van der Waals surface area contributed by atoms with Gasteiger partial charge in [-0.25, -0.2) is 8.42 Å². The maximum absolute atomic E-state index is 13.0. The Morgan fingerprint density at radius 3 is 2.61 bits per heavy atom. The number of sulfonamides is 1. The predicted octanol–water partition coefficient (Wildman–Crippen LogP) is 5.67. The summed E-state index contributed by atoms with van der Waals surface area (Å²) in [6.45, 7) is 2.84. The minimum atomic E-state index is -3.72. The lowest BCUT2D eigenvalue weighted by Gasteiger charge is -2.19. The van der Waals surface area contributed by atoms with Crippen molar-refractivity contribution in [1.29, 1.82) is 0 Å². The van der Waals surface area contributed by atoms with Gasteiger partial charge in [-0.1, -0.05) is 49.9 Å². The van der Waals surface area contributed by atoms with E-state index in [1.165, 1.54) is 38.3 Å². The second-order valence-electron chi connectivity index (χ2n) is 8.29. The topological polar surface area (TPSA) is 71.1 Å². The van der Waals surface area contributed by atoms with Gasteiger partial charge >= 0.3 is 0 Å². The summed E-state index contributed by atoms with van der Waals surface area (Å²) < 4.78 is 28.7. The molecule has 1 aliphatic carbocycles. The van der Waals surface area contributed by atoms with Crippen molar-refractivity contribution in [2.75, 3.05) is 4.72 Å². The summed E-state index contributed by atoms with van der Waals surface area (Å²) in [5.74, 6) is 0.820. The number of anilines is 1. The molecule has 0 unspecified atom stereocenters. The molecule has 1 aromatic carbocycles. The Morgan fingerprint density at radius 2 is 1.90 bits per heavy atom. The molecule has 1 saturated carbocycles. The highest BCUT2D eigenvalue weighted by atomic mass is 32.2. The van der Waals surface area contributed by atoms with Crippen molar-refractivity contribution in [2.24, 2.45) is 5.92 Å². The number of rotatable bonds is 9. The summed E-state index contributed by atoms with van der Waals surface area (Å²) in [6.07, 6.45) is 7.97. The van der Waals surface area contributed by atoms with Crippen molar-refractivity contribution in [3.05, 3.63) is 65.7 Å². The van der Waals surface area contributed by atoms with Crippen LogP contribution in [-0.2, 0) is 16.6 Å². The van der Waals surface area contributed by atoms with Gasteiger partial charge in [0.2, 0.25) is 0 Å². The highest BCUT2D eigenvalue weighted by Crippen LogP contribution is 2.29. The first-order chi connectivity index (χ1) is 15.0. The molecular formula is C24H29N3O2S2. The predicted molar refractivity (Wildman–Crippen MR) is 128 cm³/mol. The van der Waals surface area contributed by atoms with E-state index in [4.69, 9.17) is 0 Å². The van der Waals surface area contributed by atoms with Gasteiger partial charge in [-0.2, -0.15) is 0 Å². The van der Waals surface area contributed by atoms with E-state index in [0.29, 0.717) is 18.3 Å². The smallest absolute Gasteiger partial charge is 0.263 e. The first-order valence-electron chi connectivity index (χ1n) is 10.9. The van der Waals surface area contributed by atoms with Gasteiger partial charge in [-0.15, -0.1) is 11.3 Å². The third-order valence-electron chi connectivity index (χ3n) is 5.88. The Labute approximate surface area is 189 Å². The highest BCUT2D eigenvalue weighted by Gasteiger charge is 2.19. The molecule has 1 aliphatic rings. The number of aromatic nitrogens is 1. The average Bonchev–Trinajstić information content (AvgIpc) is 3.47. The number of benzene rings is 1. The van der Waals surface area contributed by atoms with Crippen LogP contribution in [-0.4, -0.2) is 19.4 Å². The summed E-state index contributed by atoms with van der Waals surface area (Å²) in [7, 11) is -3.72. The lowest BCUT2D eigenvalue weighted by Crippen LogP contribution is -2.28. The molecule has 7 heteroatoms. The van der Waals surface area contributed by atoms with Crippen LogP contribution in [0, 0.1) is 5.92 Å². The molecule has 31 heavy (non-hydrogen) atoms. The van der Waals surface area contributed by atoms with Crippen molar-refractivity contribution in [2.45, 2.75) is 56.5 Å². The first kappa shape index (κ1) is 22.0. The van der Waals surface area contributed by atoms with Crippen LogP contribution in [0.2, 0.25) is 0 Å². The summed E-state index contributed by atoms with van der Waals surface area (Å²) in [4.78, 5) is 5.51. The number of hydrogen-bond acceptors (Lipinski definition) is 5. The van der Waals surface area contributed by atoms with Gasteiger partial charge in [0.15, 0.2) is 0 Å². The molecule has 2 N–H and O–H groups in total. The fraction of sp³-hybridized carbons (Fsp3) is 0.375. The quantitative estimate of drug-likeness (QED) is 0.436. The Bertz CT molecular complexity index is 1070. The maximum atomic E-state index is 13.0. The number of para-hydroxylation sites is 1. The molecular weight excluding hydrogens is 426 g/mol. The zero-order valence-corrected chi connectivity index (χ0v) is 19.4. The van der Waals surface area contributed by atoms with Crippen LogP contribution in [0.3, 0.4) is 0 Å². The average molecular weight is 456 g/mol. The molecule has 0 bridgehead atoms. The summed E-state index contributed by atoms with van der Waals surface area (Å²) in [5, 5.41) is 5.54. The minimum absolute atomic E-state index is 0.158. The van der Waals surface area contributed by atoms with Gasteiger partial charge in [0, 0.05) is 18.8 Å². The first-order valence-corrected chi connectivity index (χ1v) is 13.2. The van der Waals surface area contributed by atoms with Crippen LogP contribution < -0.4 is 10.0 Å². The normalized spacial score (nSPS) is 15.8. The molecule has 3 aromatic rings. The van der Waals surface area contributed by atoms with E-state index in [1.54, 1.807) is 23.5 Å². The van der Waals surface area contributed by atoms with E-state index in [2.05, 4.69) is 21.9 Å². The third-order valence-corrected chi connectivity index (χ3v) is 8.13. The Hall–Kier alpha value is -2.22. The van der Waals surface area contributed by atoms with Gasteiger partial charge in [0.05, 0.1) is 16.3 Å². The Morgan fingerprint density at radius 1 is 1.10 bits per heavy atom. The molecule has 0 saturated heterocycles. The van der Waals surface area contributed by atoms with E-state index >= 15 is 0 Å². The van der Waals surface area contributed by atoms with Crippen molar-refractivity contribution in [3.63, 3.8) is 0 Å². The van der Waals surface area contributed by atoms with Crippen LogP contribution in [0.1, 0.15) is 44.6 Å². The summed E-state index contributed by atoms with van der Waals surface area (Å²) >= 11 is 1.58. The molecule has 5 nitrogen and oxygen atoms in total. The second kappa shape index (κ2) is 9.94. The fourth-order valence-corrected chi connectivity index (χ4v) is 5.95. The molecule has 164 valence electrons. The molecule has 4 rings (SSSR count). The second-order valence-corrected chi connectivity index (χ2v) is 10.9. The number of nitrogens with one attached hydrogen (secondary N) is 2. The van der Waals surface area contributed by atoms with Gasteiger partial charge in [0.1, 0.15) is 4.90 Å². The Kier molecular flexibility index (Phi) is 7.05. The number of hydrogen-bond donors (Lipinski definition) is 2. The third kappa shape index (κ3) is 5.73. The van der Waals surface area contributed by atoms with Crippen LogP contribution in [0.15, 0.2) is 65.0 Å². The Balaban J connectivity index is 1.42. The van der Waals surface area contributed by atoms with Crippen molar-refractivity contribution in [1.82, 2.24) is 10.3 Å². The molecule has 0 radical (unpaired) electrons. The van der Waals surface area contributed by atoms with E-state index in [9.17, 15) is 8.42 Å². The standard InChI is InChI=1S/C24H29N3O2S2/c1-18(15-19-7-2-3-8-19)25-16-20-9-4-5-10-22(20)27-31(28,29)21-12-13-23(26-17-21)24-11-6-14-30-24/h4-6,9-14,17-19,25,27H,2-3,7-8,15-16H2,1H3/t18-/m0/s1. The zero-order chi connectivity index (χ0) is 21.7. The number of thiophene rings is 1. The van der Waals surface area contributed by atoms with Crippen molar-refractivity contribution < 1.29 is 8.42 Å². The number of pyridine rings is 1. The van der Waals surface area contributed by atoms with Gasteiger partial charge in [-0.05, 0) is 54.5 Å². The molecule has 2 heterocycles. The SMILES string of the molecule is C[C@@H](CC1CCCC1)NCc1ccccc1NS(=O)(=O)c1ccc(-c2cccs2)nc1. The van der Waals surface area contributed by atoms with Crippen LogP contribution in [0.25, 0.3) is 10.6 Å². The molecule has 2 aromatic heterocycles. The van der Waals surface area contributed by atoms with Crippen LogP contribution >= 0.6 is 11.3 Å². The number of nitrogens with zero attached hydrogens (tertiary/aromatic N) is 1. The molecule has 1 fully saturated rings. The van der Waals surface area contributed by atoms with Gasteiger partial charge in [-0.3, -0.25) is 9.71 Å². The zero-order valence-electron chi connectivity index (χ0n) is 17.8. The molecule has 1 atom stereocenters. The maximum Gasteiger partial charge on any atom is 0.263 e. The minimum Gasteiger partial charge on any atom is -0.310 e. The van der Waals surface area contributed by atoms with Crippen molar-refractivity contribution >= 4 is 27.0 Å².